The lowest BCUT2D eigenvalue weighted by Gasteiger charge is -2.31. The maximum absolute atomic E-state index is 13.0. The molecule has 0 aliphatic carbocycles. The standard InChI is InChI=1S/C20H27N5O3/c1-3-4-9-21-17(26)14-24-10-12-25(13-11-24)20(28)18-15-7-5-6-8-16(15)19(27)23(2)22-18/h5-8H,3-4,9-14H2,1-2H3,(H,21,26)/p+1. The molecule has 1 aliphatic heterocycles. The highest BCUT2D eigenvalue weighted by molar-refractivity contribution is 6.04. The number of hydrogen-bond acceptors (Lipinski definition) is 4. The Balaban J connectivity index is 1.65. The molecule has 1 saturated heterocycles. The van der Waals surface area contributed by atoms with Crippen LogP contribution in [0.4, 0.5) is 0 Å². The molecule has 28 heavy (non-hydrogen) atoms. The molecule has 2 aromatic rings. The molecular formula is C20H28N5O3+. The molecule has 1 aromatic heterocycles. The number of piperazine rings is 1. The van der Waals surface area contributed by atoms with Gasteiger partial charge in [0.25, 0.3) is 17.4 Å². The number of amides is 2. The number of carbonyl (C=O) groups excluding carboxylic acids is 2. The van der Waals surface area contributed by atoms with Crippen molar-refractivity contribution in [1.82, 2.24) is 20.0 Å². The van der Waals surface area contributed by atoms with Crippen molar-refractivity contribution in [2.45, 2.75) is 19.8 Å². The first-order valence-electron chi connectivity index (χ1n) is 9.87. The van der Waals surface area contributed by atoms with Gasteiger partial charge in [-0.3, -0.25) is 14.4 Å². The van der Waals surface area contributed by atoms with Crippen molar-refractivity contribution < 1.29 is 14.5 Å². The number of unbranched alkanes of at least 4 members (excludes halogenated alkanes) is 1. The predicted molar refractivity (Wildman–Crippen MR) is 106 cm³/mol. The molecule has 0 spiro atoms. The van der Waals surface area contributed by atoms with Gasteiger partial charge in [-0.15, -0.1) is 0 Å². The van der Waals surface area contributed by atoms with Crippen molar-refractivity contribution in [1.29, 1.82) is 0 Å². The lowest BCUT2D eigenvalue weighted by Crippen LogP contribution is -3.15. The molecule has 0 radical (unpaired) electrons. The van der Waals surface area contributed by atoms with Crippen molar-refractivity contribution in [2.24, 2.45) is 7.05 Å². The summed E-state index contributed by atoms with van der Waals surface area (Å²) in [4.78, 5) is 40.2. The van der Waals surface area contributed by atoms with Gasteiger partial charge >= 0.3 is 0 Å². The van der Waals surface area contributed by atoms with Gasteiger partial charge in [0.15, 0.2) is 12.2 Å². The lowest BCUT2D eigenvalue weighted by atomic mass is 10.1. The molecule has 0 bridgehead atoms. The summed E-state index contributed by atoms with van der Waals surface area (Å²) in [6.45, 7) is 5.82. The van der Waals surface area contributed by atoms with Crippen molar-refractivity contribution in [2.75, 3.05) is 39.3 Å². The molecule has 1 fully saturated rings. The number of aromatic nitrogens is 2. The summed E-state index contributed by atoms with van der Waals surface area (Å²) in [5.41, 5.74) is 0.0916. The molecule has 1 aliphatic rings. The molecule has 2 amide bonds. The van der Waals surface area contributed by atoms with Gasteiger partial charge in [0, 0.05) is 19.0 Å². The normalized spacial score (nSPS) is 15.0. The maximum atomic E-state index is 13.0. The Morgan fingerprint density at radius 2 is 1.86 bits per heavy atom. The summed E-state index contributed by atoms with van der Waals surface area (Å²) in [5, 5.41) is 8.25. The zero-order valence-corrected chi connectivity index (χ0v) is 16.5. The Hall–Kier alpha value is -2.74. The second-order valence-corrected chi connectivity index (χ2v) is 7.25. The van der Waals surface area contributed by atoms with Crippen LogP contribution in [0.1, 0.15) is 30.3 Å². The second-order valence-electron chi connectivity index (χ2n) is 7.25. The van der Waals surface area contributed by atoms with Gasteiger partial charge in [-0.2, -0.15) is 5.10 Å². The Kier molecular flexibility index (Phi) is 6.41. The molecule has 0 unspecified atom stereocenters. The Morgan fingerprint density at radius 3 is 2.54 bits per heavy atom. The zero-order valence-electron chi connectivity index (χ0n) is 16.5. The molecule has 3 rings (SSSR count). The summed E-state index contributed by atoms with van der Waals surface area (Å²) in [6.07, 6.45) is 2.05. The quantitative estimate of drug-likeness (QED) is 0.636. The average molecular weight is 386 g/mol. The van der Waals surface area contributed by atoms with E-state index < -0.39 is 0 Å². The molecule has 1 aromatic carbocycles. The first-order valence-corrected chi connectivity index (χ1v) is 9.87. The van der Waals surface area contributed by atoms with Gasteiger partial charge in [-0.05, 0) is 12.5 Å². The minimum absolute atomic E-state index is 0.0638. The van der Waals surface area contributed by atoms with E-state index in [0.717, 1.165) is 32.5 Å². The molecule has 150 valence electrons. The highest BCUT2D eigenvalue weighted by atomic mass is 16.2. The van der Waals surface area contributed by atoms with E-state index in [1.165, 1.54) is 9.58 Å². The van der Waals surface area contributed by atoms with Crippen LogP contribution in [-0.2, 0) is 11.8 Å². The summed E-state index contributed by atoms with van der Waals surface area (Å²) >= 11 is 0. The highest BCUT2D eigenvalue weighted by Crippen LogP contribution is 2.15. The first kappa shape index (κ1) is 20.0. The van der Waals surface area contributed by atoms with Crippen molar-refractivity contribution in [3.05, 3.63) is 40.3 Å². The second kappa shape index (κ2) is 8.97. The van der Waals surface area contributed by atoms with E-state index in [1.807, 2.05) is 0 Å². The fourth-order valence-electron chi connectivity index (χ4n) is 3.50. The number of hydrogen-bond donors (Lipinski definition) is 2. The topological polar surface area (TPSA) is 88.7 Å². The van der Waals surface area contributed by atoms with E-state index >= 15 is 0 Å². The fourth-order valence-corrected chi connectivity index (χ4v) is 3.50. The van der Waals surface area contributed by atoms with Crippen LogP contribution < -0.4 is 15.8 Å². The van der Waals surface area contributed by atoms with Crippen LogP contribution in [0.2, 0.25) is 0 Å². The van der Waals surface area contributed by atoms with E-state index in [1.54, 1.807) is 36.2 Å². The molecular weight excluding hydrogens is 358 g/mol. The van der Waals surface area contributed by atoms with Crippen LogP contribution in [0.3, 0.4) is 0 Å². The molecule has 0 atom stereocenters. The number of nitrogens with one attached hydrogen (secondary N) is 2. The predicted octanol–water partition coefficient (Wildman–Crippen LogP) is -0.809. The largest absolute Gasteiger partial charge is 0.351 e. The lowest BCUT2D eigenvalue weighted by molar-refractivity contribution is -0.896. The number of carbonyl (C=O) groups is 2. The van der Waals surface area contributed by atoms with E-state index in [-0.39, 0.29) is 17.4 Å². The smallest absolute Gasteiger partial charge is 0.275 e. The van der Waals surface area contributed by atoms with Crippen molar-refractivity contribution in [3.8, 4) is 0 Å². The Labute approximate surface area is 164 Å². The molecule has 8 heteroatoms. The number of quaternary nitrogens is 1. The molecule has 0 saturated carbocycles. The SMILES string of the molecule is CCCCNC(=O)C[NH+]1CCN(C(=O)c2nn(C)c(=O)c3ccccc23)CC1. The molecule has 8 nitrogen and oxygen atoms in total. The van der Waals surface area contributed by atoms with Crippen molar-refractivity contribution >= 4 is 22.6 Å². The zero-order chi connectivity index (χ0) is 20.1. The number of benzene rings is 1. The minimum atomic E-state index is -0.213. The van der Waals surface area contributed by atoms with Gasteiger partial charge in [0.2, 0.25) is 0 Å². The summed E-state index contributed by atoms with van der Waals surface area (Å²) in [5.74, 6) is -0.104. The van der Waals surface area contributed by atoms with Gasteiger partial charge in [-0.1, -0.05) is 31.5 Å². The summed E-state index contributed by atoms with van der Waals surface area (Å²) in [7, 11) is 1.56. The number of nitrogens with zero attached hydrogens (tertiary/aromatic N) is 3. The number of aryl methyl sites for hydroxylation is 1. The third kappa shape index (κ3) is 4.39. The summed E-state index contributed by atoms with van der Waals surface area (Å²) < 4.78 is 1.22. The van der Waals surface area contributed by atoms with Gasteiger partial charge in [0.1, 0.15) is 0 Å². The Bertz CT molecular complexity index is 916. The van der Waals surface area contributed by atoms with Gasteiger partial charge in [-0.25, -0.2) is 4.68 Å². The van der Waals surface area contributed by atoms with Crippen LogP contribution in [0, 0.1) is 0 Å². The third-order valence-electron chi connectivity index (χ3n) is 5.18. The third-order valence-corrected chi connectivity index (χ3v) is 5.18. The minimum Gasteiger partial charge on any atom is -0.351 e. The van der Waals surface area contributed by atoms with E-state index in [4.69, 9.17) is 0 Å². The van der Waals surface area contributed by atoms with Crippen LogP contribution in [-0.4, -0.2) is 65.8 Å². The average Bonchev–Trinajstić information content (AvgIpc) is 2.71. The number of rotatable bonds is 6. The highest BCUT2D eigenvalue weighted by Gasteiger charge is 2.28. The van der Waals surface area contributed by atoms with E-state index in [9.17, 15) is 14.4 Å². The van der Waals surface area contributed by atoms with E-state index in [0.29, 0.717) is 36.1 Å². The first-order chi connectivity index (χ1) is 13.5. The summed E-state index contributed by atoms with van der Waals surface area (Å²) in [6, 6.07) is 7.07. The maximum Gasteiger partial charge on any atom is 0.275 e. The van der Waals surface area contributed by atoms with Gasteiger partial charge < -0.3 is 15.1 Å². The van der Waals surface area contributed by atoms with Crippen LogP contribution in [0.25, 0.3) is 10.8 Å². The number of fused-ring (bicyclic) bond motifs is 1. The van der Waals surface area contributed by atoms with Gasteiger partial charge in [0.05, 0.1) is 31.6 Å². The van der Waals surface area contributed by atoms with Crippen LogP contribution >= 0.6 is 0 Å². The van der Waals surface area contributed by atoms with Crippen molar-refractivity contribution in [3.63, 3.8) is 0 Å². The Morgan fingerprint density at radius 1 is 1.18 bits per heavy atom. The monoisotopic (exact) mass is 386 g/mol. The van der Waals surface area contributed by atoms with E-state index in [2.05, 4.69) is 17.3 Å². The molecule has 2 N–H and O–H groups in total. The van der Waals surface area contributed by atoms with Crippen LogP contribution in [0.5, 0.6) is 0 Å². The fraction of sp³-hybridized carbons (Fsp3) is 0.500. The molecule has 2 heterocycles. The van der Waals surface area contributed by atoms with Crippen LogP contribution in [0.15, 0.2) is 29.1 Å².